The Balaban J connectivity index is 0.000000242. The van der Waals surface area contributed by atoms with Crippen molar-refractivity contribution in [1.82, 2.24) is 19.4 Å². The molecule has 3 aliphatic heterocycles. The van der Waals surface area contributed by atoms with Crippen LogP contribution in [-0.4, -0.2) is 89.6 Å². The predicted molar refractivity (Wildman–Crippen MR) is 167 cm³/mol. The lowest BCUT2D eigenvalue weighted by Crippen LogP contribution is -2.57. The Labute approximate surface area is 268 Å². The Morgan fingerprint density at radius 2 is 1.09 bits per heavy atom. The molecule has 3 fully saturated rings. The van der Waals surface area contributed by atoms with Gasteiger partial charge in [-0.3, -0.25) is 0 Å². The van der Waals surface area contributed by atoms with E-state index in [2.05, 4.69) is 65.4 Å². The highest BCUT2D eigenvalue weighted by molar-refractivity contribution is 4.90. The molecule has 3 aliphatic rings. The number of rotatable bonds is 9. The van der Waals surface area contributed by atoms with Gasteiger partial charge in [-0.15, -0.1) is 0 Å². The van der Waals surface area contributed by atoms with E-state index in [0.717, 1.165) is 0 Å². The van der Waals surface area contributed by atoms with Gasteiger partial charge >= 0.3 is 0 Å². The van der Waals surface area contributed by atoms with Crippen molar-refractivity contribution in [2.24, 2.45) is 41.4 Å². The van der Waals surface area contributed by atoms with Crippen LogP contribution in [0.3, 0.4) is 0 Å². The van der Waals surface area contributed by atoms with Crippen LogP contribution in [0.15, 0.2) is 37.4 Å². The summed E-state index contributed by atoms with van der Waals surface area (Å²) in [4.78, 5) is 19.6. The Hall–Kier alpha value is -2.22. The summed E-state index contributed by atoms with van der Waals surface area (Å²) in [6, 6.07) is 0. The van der Waals surface area contributed by atoms with E-state index in [1.54, 1.807) is 61.1 Å². The van der Waals surface area contributed by atoms with Gasteiger partial charge in [0.2, 0.25) is 12.6 Å². The van der Waals surface area contributed by atoms with Crippen LogP contribution in [0.4, 0.5) is 0 Å². The van der Waals surface area contributed by atoms with Crippen molar-refractivity contribution >= 4 is 0 Å². The lowest BCUT2D eigenvalue weighted by atomic mass is 9.79. The number of imidazole rings is 2. The zero-order valence-corrected chi connectivity index (χ0v) is 28.9. The van der Waals surface area contributed by atoms with Gasteiger partial charge in [0.25, 0.3) is 0 Å². The van der Waals surface area contributed by atoms with Gasteiger partial charge in [0, 0.05) is 44.4 Å². The summed E-state index contributed by atoms with van der Waals surface area (Å²) in [6.07, 6.45) is 9.11. The molecular weight excluding hydrogens is 580 g/mol. The minimum atomic E-state index is -0.364. The monoisotopic (exact) mass is 636 g/mol. The van der Waals surface area contributed by atoms with E-state index in [0.29, 0.717) is 24.4 Å². The number of ether oxygens (including phenoxy) is 6. The Morgan fingerprint density at radius 3 is 1.60 bits per heavy atom. The van der Waals surface area contributed by atoms with E-state index in [-0.39, 0.29) is 73.1 Å². The van der Waals surface area contributed by atoms with E-state index >= 15 is 0 Å². The van der Waals surface area contributed by atoms with E-state index in [9.17, 15) is 0 Å². The highest BCUT2D eigenvalue weighted by Gasteiger charge is 2.47. The van der Waals surface area contributed by atoms with Crippen LogP contribution in [0.1, 0.15) is 62.3 Å². The second kappa shape index (κ2) is 16.1. The van der Waals surface area contributed by atoms with Crippen LogP contribution >= 0.6 is 0 Å². The lowest BCUT2D eigenvalue weighted by Gasteiger charge is -2.48. The maximum absolute atomic E-state index is 6.53. The molecule has 12 heteroatoms. The zero-order valence-electron chi connectivity index (χ0n) is 28.9. The van der Waals surface area contributed by atoms with E-state index < -0.39 is 0 Å². The van der Waals surface area contributed by atoms with E-state index in [4.69, 9.17) is 38.1 Å². The summed E-state index contributed by atoms with van der Waals surface area (Å²) in [7, 11) is 3.40. The Morgan fingerprint density at radius 1 is 0.578 bits per heavy atom. The lowest BCUT2D eigenvalue weighted by molar-refractivity contribution is -0.328. The molecule has 2 aromatic rings. The van der Waals surface area contributed by atoms with Gasteiger partial charge in [-0.05, 0) is 37.5 Å². The molecule has 256 valence electrons. The summed E-state index contributed by atoms with van der Waals surface area (Å²) < 4.78 is 39.1. The molecule has 3 saturated heterocycles. The number of nitrogens with zero attached hydrogens (tertiary/aromatic N) is 4. The molecule has 5 rings (SSSR count). The number of hydrogen-bond donors (Lipinski definition) is 0. The molecule has 0 spiro atoms. The van der Waals surface area contributed by atoms with Crippen LogP contribution < -0.4 is 9.68 Å². The number of methoxy groups -OCH3 is 2. The van der Waals surface area contributed by atoms with Gasteiger partial charge in [0.05, 0.1) is 43.4 Å². The van der Waals surface area contributed by atoms with Crippen molar-refractivity contribution in [2.75, 3.05) is 20.8 Å². The number of aromatic nitrogens is 4. The quantitative estimate of drug-likeness (QED) is 0.394. The van der Waals surface area contributed by atoms with Crippen molar-refractivity contribution in [3.63, 3.8) is 0 Å². The second-order valence-electron chi connectivity index (χ2n) is 13.3. The van der Waals surface area contributed by atoms with Crippen LogP contribution in [-0.2, 0) is 28.4 Å². The first-order valence-corrected chi connectivity index (χ1v) is 16.4. The summed E-state index contributed by atoms with van der Waals surface area (Å²) in [6.45, 7) is 19.9. The van der Waals surface area contributed by atoms with Crippen LogP contribution in [0.25, 0.3) is 0 Å². The fourth-order valence-corrected chi connectivity index (χ4v) is 6.57. The molecule has 15 atom stereocenters. The van der Waals surface area contributed by atoms with Crippen LogP contribution in [0, 0.1) is 41.4 Å². The molecular formula is C33H56N4O8. The van der Waals surface area contributed by atoms with Gasteiger partial charge in [0.15, 0.2) is 6.29 Å². The highest BCUT2D eigenvalue weighted by atomic mass is 16.8. The average Bonchev–Trinajstić information content (AvgIpc) is 3.73. The Bertz CT molecular complexity index is 1110. The first-order chi connectivity index (χ1) is 21.5. The van der Waals surface area contributed by atoms with Gasteiger partial charge in [-0.2, -0.15) is 9.46 Å². The van der Waals surface area contributed by atoms with E-state index in [1.807, 2.05) is 6.92 Å². The van der Waals surface area contributed by atoms with Gasteiger partial charge in [-0.25, -0.2) is 9.97 Å². The maximum Gasteiger partial charge on any atom is 0.227 e. The van der Waals surface area contributed by atoms with Crippen molar-refractivity contribution in [3.8, 4) is 0 Å². The molecule has 0 aliphatic carbocycles. The molecule has 0 amide bonds. The Kier molecular flexibility index (Phi) is 12.7. The largest absolute Gasteiger partial charge is 0.382 e. The minimum absolute atomic E-state index is 0.0193. The summed E-state index contributed by atoms with van der Waals surface area (Å²) >= 11 is 0. The maximum atomic E-state index is 6.53. The molecule has 0 saturated carbocycles. The van der Waals surface area contributed by atoms with Gasteiger partial charge in [-0.1, -0.05) is 48.5 Å². The fraction of sp³-hybridized carbons (Fsp3) is 0.818. The highest BCUT2D eigenvalue weighted by Crippen LogP contribution is 2.38. The topological polar surface area (TPSA) is 109 Å². The summed E-state index contributed by atoms with van der Waals surface area (Å²) in [5.41, 5.74) is 0. The average molecular weight is 637 g/mol. The molecule has 2 aromatic heterocycles. The molecule has 5 heterocycles. The van der Waals surface area contributed by atoms with Crippen LogP contribution in [0.2, 0.25) is 0 Å². The van der Waals surface area contributed by atoms with Gasteiger partial charge < -0.3 is 38.1 Å². The molecule has 0 N–H and O–H groups in total. The smallest absolute Gasteiger partial charge is 0.227 e. The van der Waals surface area contributed by atoms with E-state index in [1.165, 1.54) is 0 Å². The third kappa shape index (κ3) is 8.39. The first kappa shape index (κ1) is 35.6. The molecule has 0 bridgehead atoms. The van der Waals surface area contributed by atoms with Crippen molar-refractivity contribution in [2.45, 2.75) is 112 Å². The van der Waals surface area contributed by atoms with Crippen molar-refractivity contribution in [3.05, 3.63) is 37.4 Å². The summed E-state index contributed by atoms with van der Waals surface area (Å²) in [5.74, 6) is 2.37. The third-order valence-electron chi connectivity index (χ3n) is 10.5. The predicted octanol–water partition coefficient (Wildman–Crippen LogP) is 4.34. The van der Waals surface area contributed by atoms with Crippen molar-refractivity contribution in [1.29, 1.82) is 0 Å². The normalized spacial score (nSPS) is 42.0. The molecule has 45 heavy (non-hydrogen) atoms. The number of hydrogen-bond acceptors (Lipinski definition) is 10. The minimum Gasteiger partial charge on any atom is -0.382 e. The molecule has 12 nitrogen and oxygen atoms in total. The standard InChI is InChI=1S/C21H36N2O6.C12H20N2O2/c1-12-15(4)21(29-23-9-8-22-11-23)26-16(5)18(12)28-20-14(3)13(2)19(25-7)17(27-20)10-24-6;1-8-9(2)11(4)15-12(10(8)3)16-14-6-5-13-7-14/h8-9,11-21H,10H2,1-7H3;5-12H,1-4H3/t12?,13?,14-,15?,16-,17?,18-,19+,20-,21-;8?,9-,10?,11-,12-/m00/s1. The second-order valence-corrected chi connectivity index (χ2v) is 13.3. The third-order valence-corrected chi connectivity index (χ3v) is 10.5. The summed E-state index contributed by atoms with van der Waals surface area (Å²) in [5, 5.41) is 0. The molecule has 0 aromatic carbocycles. The van der Waals surface area contributed by atoms with Gasteiger partial charge in [0.1, 0.15) is 18.8 Å². The zero-order chi connectivity index (χ0) is 32.8. The van der Waals surface area contributed by atoms with Crippen molar-refractivity contribution < 1.29 is 38.1 Å². The molecule has 6 unspecified atom stereocenters. The fourth-order valence-electron chi connectivity index (χ4n) is 6.57. The molecule has 0 radical (unpaired) electrons. The SMILES string of the molecule is CC1C(C)[C@H](C)[C@H](C)O[C@H]1On1ccnc1.COCC1O[C@@H](O[C@H]2C(C)C(C)[C@H](On3ccnc3)O[C@H]2C)[C@@H](C)C(C)[C@H]1OC. The van der Waals surface area contributed by atoms with Crippen LogP contribution in [0.5, 0.6) is 0 Å². The first-order valence-electron chi connectivity index (χ1n) is 16.4.